The highest BCUT2D eigenvalue weighted by molar-refractivity contribution is 5.64. The van der Waals surface area contributed by atoms with Gasteiger partial charge in [0.1, 0.15) is 0 Å². The summed E-state index contributed by atoms with van der Waals surface area (Å²) in [6.07, 6.45) is 2.73. The fourth-order valence-corrected chi connectivity index (χ4v) is 3.50. The van der Waals surface area contributed by atoms with E-state index in [0.29, 0.717) is 0 Å². The lowest BCUT2D eigenvalue weighted by molar-refractivity contribution is 0.423. The molecule has 0 radical (unpaired) electrons. The molecule has 0 nitrogen and oxygen atoms in total. The molecule has 0 N–H and O–H groups in total. The third-order valence-corrected chi connectivity index (χ3v) is 5.19. The fourth-order valence-electron chi connectivity index (χ4n) is 3.50. The Morgan fingerprint density at radius 3 is 1.80 bits per heavy atom. The van der Waals surface area contributed by atoms with Crippen molar-refractivity contribution >= 4 is 0 Å². The normalized spacial score (nSPS) is 25.9. The van der Waals surface area contributed by atoms with Crippen molar-refractivity contribution < 1.29 is 0 Å². The molecule has 2 aromatic rings. The smallest absolute Gasteiger partial charge is 0.0134 e. The number of rotatable bonds is 2. The van der Waals surface area contributed by atoms with Gasteiger partial charge in [-0.3, -0.25) is 0 Å². The van der Waals surface area contributed by atoms with Gasteiger partial charge in [-0.05, 0) is 54.2 Å². The molecular formula is C20H24. The van der Waals surface area contributed by atoms with E-state index >= 15 is 0 Å². The molecule has 1 saturated carbocycles. The minimum absolute atomic E-state index is 0.761. The monoisotopic (exact) mass is 264 g/mol. The Hall–Kier alpha value is -1.56. The van der Waals surface area contributed by atoms with Crippen LogP contribution in [0.4, 0.5) is 0 Å². The van der Waals surface area contributed by atoms with Gasteiger partial charge in [-0.2, -0.15) is 0 Å². The van der Waals surface area contributed by atoms with Crippen LogP contribution in [0.15, 0.2) is 48.5 Å². The predicted molar refractivity (Wildman–Crippen MR) is 86.9 cm³/mol. The third kappa shape index (κ3) is 2.52. The highest BCUT2D eigenvalue weighted by Gasteiger charge is 2.30. The second kappa shape index (κ2) is 5.44. The minimum Gasteiger partial charge on any atom is -0.0622 e. The van der Waals surface area contributed by atoms with Crippen molar-refractivity contribution in [2.45, 2.75) is 39.5 Å². The lowest BCUT2D eigenvalue weighted by Gasteiger charge is -2.18. The summed E-state index contributed by atoms with van der Waals surface area (Å²) in [7, 11) is 0. The molecule has 0 amide bonds. The maximum Gasteiger partial charge on any atom is -0.0134 e. The Morgan fingerprint density at radius 2 is 1.30 bits per heavy atom. The molecule has 3 rings (SSSR count). The molecule has 0 aromatic heterocycles. The molecule has 104 valence electrons. The van der Waals surface area contributed by atoms with Crippen molar-refractivity contribution in [1.82, 2.24) is 0 Å². The van der Waals surface area contributed by atoms with Gasteiger partial charge < -0.3 is 0 Å². The number of aryl methyl sites for hydroxylation is 1. The van der Waals surface area contributed by atoms with Crippen molar-refractivity contribution in [2.75, 3.05) is 0 Å². The topological polar surface area (TPSA) is 0 Å². The summed E-state index contributed by atoms with van der Waals surface area (Å²) in [4.78, 5) is 0. The van der Waals surface area contributed by atoms with Gasteiger partial charge in [0.2, 0.25) is 0 Å². The van der Waals surface area contributed by atoms with E-state index in [1.165, 1.54) is 35.1 Å². The molecule has 0 heterocycles. The maximum absolute atomic E-state index is 2.41. The Bertz CT molecular complexity index is 562. The van der Waals surface area contributed by atoms with E-state index in [-0.39, 0.29) is 0 Å². The Morgan fingerprint density at radius 1 is 0.750 bits per heavy atom. The molecule has 1 aliphatic rings. The summed E-state index contributed by atoms with van der Waals surface area (Å²) in [6, 6.07) is 18.1. The van der Waals surface area contributed by atoms with Crippen LogP contribution in [0.2, 0.25) is 0 Å². The lowest BCUT2D eigenvalue weighted by Crippen LogP contribution is -2.07. The van der Waals surface area contributed by atoms with Gasteiger partial charge in [0, 0.05) is 0 Å². The quantitative estimate of drug-likeness (QED) is 0.642. The highest BCUT2D eigenvalue weighted by atomic mass is 14.3. The SMILES string of the molecule is Cc1ccc(-c2ccc(C3CCC(C)C3C)cc2)cc1. The van der Waals surface area contributed by atoms with E-state index in [4.69, 9.17) is 0 Å². The fraction of sp³-hybridized carbons (Fsp3) is 0.400. The van der Waals surface area contributed by atoms with Gasteiger partial charge in [0.05, 0.1) is 0 Å². The molecule has 0 bridgehead atoms. The van der Waals surface area contributed by atoms with E-state index in [9.17, 15) is 0 Å². The summed E-state index contributed by atoms with van der Waals surface area (Å²) >= 11 is 0. The van der Waals surface area contributed by atoms with Crippen molar-refractivity contribution in [3.8, 4) is 11.1 Å². The van der Waals surface area contributed by atoms with Crippen molar-refractivity contribution in [1.29, 1.82) is 0 Å². The average Bonchev–Trinajstić information content (AvgIpc) is 2.80. The molecule has 0 spiro atoms. The van der Waals surface area contributed by atoms with Gasteiger partial charge in [-0.25, -0.2) is 0 Å². The second-order valence-electron chi connectivity index (χ2n) is 6.51. The first-order chi connectivity index (χ1) is 9.65. The van der Waals surface area contributed by atoms with Crippen LogP contribution in [0.1, 0.15) is 43.7 Å². The zero-order valence-electron chi connectivity index (χ0n) is 12.8. The first-order valence-corrected chi connectivity index (χ1v) is 7.82. The van der Waals surface area contributed by atoms with Crippen LogP contribution < -0.4 is 0 Å². The van der Waals surface area contributed by atoms with Gasteiger partial charge in [-0.1, -0.05) is 67.9 Å². The van der Waals surface area contributed by atoms with Gasteiger partial charge in [0.15, 0.2) is 0 Å². The summed E-state index contributed by atoms with van der Waals surface area (Å²) < 4.78 is 0. The molecular weight excluding hydrogens is 240 g/mol. The molecule has 1 fully saturated rings. The molecule has 0 saturated heterocycles. The number of hydrogen-bond acceptors (Lipinski definition) is 0. The standard InChI is InChI=1S/C20H24/c1-14-4-7-17(8-5-14)18-9-11-19(12-10-18)20-13-6-15(2)16(20)3/h4-5,7-12,15-16,20H,6,13H2,1-3H3. The molecule has 3 unspecified atom stereocenters. The summed E-state index contributed by atoms with van der Waals surface area (Å²) in [5, 5.41) is 0. The third-order valence-electron chi connectivity index (χ3n) is 5.19. The van der Waals surface area contributed by atoms with Crippen molar-refractivity contribution in [3.63, 3.8) is 0 Å². The van der Waals surface area contributed by atoms with Crippen LogP contribution in [-0.4, -0.2) is 0 Å². The Kier molecular flexibility index (Phi) is 3.65. The van der Waals surface area contributed by atoms with Crippen LogP contribution >= 0.6 is 0 Å². The molecule has 20 heavy (non-hydrogen) atoms. The molecule has 1 aliphatic carbocycles. The van der Waals surface area contributed by atoms with Crippen molar-refractivity contribution in [3.05, 3.63) is 59.7 Å². The molecule has 2 aromatic carbocycles. The molecule has 0 heteroatoms. The van der Waals surface area contributed by atoms with Crippen LogP contribution in [0.5, 0.6) is 0 Å². The summed E-state index contributed by atoms with van der Waals surface area (Å²) in [5.74, 6) is 2.45. The largest absolute Gasteiger partial charge is 0.0622 e. The zero-order chi connectivity index (χ0) is 14.1. The predicted octanol–water partition coefficient (Wildman–Crippen LogP) is 5.81. The molecule has 3 atom stereocenters. The highest BCUT2D eigenvalue weighted by Crippen LogP contribution is 2.43. The average molecular weight is 264 g/mol. The van der Waals surface area contributed by atoms with Gasteiger partial charge >= 0.3 is 0 Å². The minimum atomic E-state index is 0.761. The zero-order valence-corrected chi connectivity index (χ0v) is 12.8. The van der Waals surface area contributed by atoms with Crippen LogP contribution in [-0.2, 0) is 0 Å². The van der Waals surface area contributed by atoms with E-state index in [2.05, 4.69) is 69.3 Å². The van der Waals surface area contributed by atoms with Crippen molar-refractivity contribution in [2.24, 2.45) is 11.8 Å². The van der Waals surface area contributed by atoms with Crippen LogP contribution in [0.3, 0.4) is 0 Å². The van der Waals surface area contributed by atoms with Crippen LogP contribution in [0, 0.1) is 18.8 Å². The first-order valence-electron chi connectivity index (χ1n) is 7.82. The van der Waals surface area contributed by atoms with Gasteiger partial charge in [-0.15, -0.1) is 0 Å². The van der Waals surface area contributed by atoms with E-state index in [0.717, 1.165) is 17.8 Å². The summed E-state index contributed by atoms with van der Waals surface area (Å²) in [5.41, 5.74) is 5.49. The first kappa shape index (κ1) is 13.4. The van der Waals surface area contributed by atoms with Crippen LogP contribution in [0.25, 0.3) is 11.1 Å². The van der Waals surface area contributed by atoms with Gasteiger partial charge in [0.25, 0.3) is 0 Å². The lowest BCUT2D eigenvalue weighted by atomic mass is 9.86. The second-order valence-corrected chi connectivity index (χ2v) is 6.51. The van der Waals surface area contributed by atoms with E-state index in [1.807, 2.05) is 0 Å². The van der Waals surface area contributed by atoms with E-state index < -0.39 is 0 Å². The number of hydrogen-bond donors (Lipinski definition) is 0. The number of benzene rings is 2. The summed E-state index contributed by atoms with van der Waals surface area (Å²) in [6.45, 7) is 6.94. The Balaban J connectivity index is 1.83. The van der Waals surface area contributed by atoms with E-state index in [1.54, 1.807) is 0 Å². The molecule has 0 aliphatic heterocycles. The maximum atomic E-state index is 2.41. The Labute approximate surface area is 122 Å².